The highest BCUT2D eigenvalue weighted by molar-refractivity contribution is 5.96. The molecule has 1 saturated heterocycles. The third-order valence-corrected chi connectivity index (χ3v) is 6.31. The van der Waals surface area contributed by atoms with Crippen LogP contribution in [0.15, 0.2) is 24.3 Å². The van der Waals surface area contributed by atoms with Crippen molar-refractivity contribution in [1.29, 1.82) is 0 Å². The number of ether oxygens (including phenoxy) is 2. The third-order valence-electron chi connectivity index (χ3n) is 6.31. The van der Waals surface area contributed by atoms with Gasteiger partial charge in [-0.15, -0.1) is 0 Å². The molecule has 0 saturated carbocycles. The fraction of sp³-hybridized carbons (Fsp3) is 0.720. The molecule has 1 aromatic carbocycles. The van der Waals surface area contributed by atoms with E-state index in [-0.39, 0.29) is 17.9 Å². The number of para-hydroxylation sites is 1. The van der Waals surface area contributed by atoms with Crippen LogP contribution < -0.4 is 15.8 Å². The number of aliphatic hydroxyl groups excluding tert-OH is 1. The van der Waals surface area contributed by atoms with Gasteiger partial charge in [-0.3, -0.25) is 4.79 Å². The summed E-state index contributed by atoms with van der Waals surface area (Å²) in [7, 11) is 1.69. The van der Waals surface area contributed by atoms with Crippen molar-refractivity contribution in [2.24, 2.45) is 17.6 Å². The molecule has 3 atom stereocenters. The Morgan fingerprint density at radius 1 is 1.19 bits per heavy atom. The summed E-state index contributed by atoms with van der Waals surface area (Å²) < 4.78 is 10.9. The Balaban J connectivity index is 1.85. The van der Waals surface area contributed by atoms with E-state index in [4.69, 9.17) is 15.2 Å². The summed E-state index contributed by atoms with van der Waals surface area (Å²) >= 11 is 0. The smallest absolute Gasteiger partial charge is 0.255 e. The van der Waals surface area contributed by atoms with Gasteiger partial charge in [0.25, 0.3) is 5.91 Å². The van der Waals surface area contributed by atoms with Gasteiger partial charge in [0.2, 0.25) is 0 Å². The van der Waals surface area contributed by atoms with Crippen molar-refractivity contribution < 1.29 is 19.4 Å². The maximum Gasteiger partial charge on any atom is 0.255 e. The average Bonchev–Trinajstić information content (AvgIpc) is 3.29. The van der Waals surface area contributed by atoms with Gasteiger partial charge in [0.1, 0.15) is 5.75 Å². The van der Waals surface area contributed by atoms with Gasteiger partial charge in [0.15, 0.2) is 0 Å². The van der Waals surface area contributed by atoms with E-state index in [1.807, 2.05) is 18.2 Å². The first-order valence-corrected chi connectivity index (χ1v) is 12.1. The number of rotatable bonds is 15. The molecule has 1 aliphatic heterocycles. The van der Waals surface area contributed by atoms with Crippen LogP contribution in [0, 0.1) is 11.8 Å². The Kier molecular flexibility index (Phi) is 12.0. The highest BCUT2D eigenvalue weighted by atomic mass is 16.5. The zero-order valence-corrected chi connectivity index (χ0v) is 20.1. The van der Waals surface area contributed by atoms with E-state index in [1.54, 1.807) is 13.2 Å². The van der Waals surface area contributed by atoms with E-state index in [1.165, 1.54) is 12.8 Å². The minimum atomic E-state index is -0.544. The van der Waals surface area contributed by atoms with E-state index in [9.17, 15) is 9.90 Å². The summed E-state index contributed by atoms with van der Waals surface area (Å²) in [5.41, 5.74) is 6.89. The number of nitrogens with two attached hydrogens (primary N) is 1. The van der Waals surface area contributed by atoms with Gasteiger partial charge in [-0.2, -0.15) is 0 Å². The van der Waals surface area contributed by atoms with Crippen molar-refractivity contribution in [3.05, 3.63) is 29.8 Å². The molecule has 7 heteroatoms. The summed E-state index contributed by atoms with van der Waals surface area (Å²) in [5, 5.41) is 13.6. The number of nitrogens with zero attached hydrogens (tertiary/aromatic N) is 1. The third kappa shape index (κ3) is 9.06. The van der Waals surface area contributed by atoms with E-state index in [2.05, 4.69) is 24.1 Å². The van der Waals surface area contributed by atoms with Crippen molar-refractivity contribution in [3.63, 3.8) is 0 Å². The molecule has 2 rings (SSSR count). The van der Waals surface area contributed by atoms with Crippen LogP contribution >= 0.6 is 0 Å². The molecule has 182 valence electrons. The molecule has 4 N–H and O–H groups in total. The molecule has 1 fully saturated rings. The monoisotopic (exact) mass is 449 g/mol. The number of carbonyl (C=O) groups excluding carboxylic acids is 1. The fourth-order valence-corrected chi connectivity index (χ4v) is 4.09. The Hall–Kier alpha value is -1.67. The molecule has 1 amide bonds. The number of methoxy groups -OCH3 is 1. The SMILES string of the molecule is COCCCCOc1ccccc1C(=O)NCC(CC(N)C(O)CN1CCCC1)C(C)C. The largest absolute Gasteiger partial charge is 0.493 e. The second-order valence-corrected chi connectivity index (χ2v) is 9.23. The van der Waals surface area contributed by atoms with Crippen LogP contribution in [0.2, 0.25) is 0 Å². The Labute approximate surface area is 193 Å². The van der Waals surface area contributed by atoms with Gasteiger partial charge in [-0.25, -0.2) is 0 Å². The number of nitrogens with one attached hydrogen (secondary N) is 1. The second kappa shape index (κ2) is 14.5. The summed E-state index contributed by atoms with van der Waals surface area (Å²) in [4.78, 5) is 15.2. The number of benzene rings is 1. The van der Waals surface area contributed by atoms with Crippen molar-refractivity contribution in [2.45, 2.75) is 58.1 Å². The van der Waals surface area contributed by atoms with E-state index < -0.39 is 6.10 Å². The lowest BCUT2D eigenvalue weighted by Gasteiger charge is -2.29. The molecular formula is C25H43N3O4. The minimum Gasteiger partial charge on any atom is -0.493 e. The van der Waals surface area contributed by atoms with Gasteiger partial charge in [0.05, 0.1) is 18.3 Å². The molecular weight excluding hydrogens is 406 g/mol. The van der Waals surface area contributed by atoms with Crippen molar-refractivity contribution in [2.75, 3.05) is 46.5 Å². The molecule has 0 aliphatic carbocycles. The minimum absolute atomic E-state index is 0.144. The lowest BCUT2D eigenvalue weighted by molar-refractivity contribution is 0.0858. The molecule has 7 nitrogen and oxygen atoms in total. The lowest BCUT2D eigenvalue weighted by atomic mass is 9.87. The normalized spacial score (nSPS) is 17.3. The Bertz CT molecular complexity index is 664. The number of hydrogen-bond donors (Lipinski definition) is 3. The maximum atomic E-state index is 12.9. The van der Waals surface area contributed by atoms with E-state index in [0.717, 1.165) is 25.9 Å². The van der Waals surface area contributed by atoms with Crippen molar-refractivity contribution in [3.8, 4) is 5.75 Å². The van der Waals surface area contributed by atoms with Crippen LogP contribution in [-0.2, 0) is 4.74 Å². The number of β-amino-alcohol motifs (C(OH)–C–C–N with tert-alkyl or cyclic N) is 1. The molecule has 1 aliphatic rings. The van der Waals surface area contributed by atoms with Gasteiger partial charge in [-0.1, -0.05) is 26.0 Å². The van der Waals surface area contributed by atoms with Crippen LogP contribution in [0.4, 0.5) is 0 Å². The molecule has 0 spiro atoms. The van der Waals surface area contributed by atoms with Gasteiger partial charge >= 0.3 is 0 Å². The molecule has 0 aromatic heterocycles. The van der Waals surface area contributed by atoms with Crippen LogP contribution in [0.25, 0.3) is 0 Å². The Morgan fingerprint density at radius 2 is 1.88 bits per heavy atom. The average molecular weight is 450 g/mol. The molecule has 32 heavy (non-hydrogen) atoms. The quantitative estimate of drug-likeness (QED) is 0.356. The van der Waals surface area contributed by atoms with E-state index in [0.29, 0.717) is 50.0 Å². The van der Waals surface area contributed by atoms with E-state index >= 15 is 0 Å². The van der Waals surface area contributed by atoms with Crippen LogP contribution in [0.5, 0.6) is 5.75 Å². The van der Waals surface area contributed by atoms with Crippen LogP contribution in [-0.4, -0.2) is 74.6 Å². The zero-order chi connectivity index (χ0) is 23.3. The molecule has 1 heterocycles. The topological polar surface area (TPSA) is 97.0 Å². The standard InChI is InChI=1S/C25H43N3O4/c1-19(2)20(16-22(26)23(29)18-28-12-6-7-13-28)17-27-25(30)21-10-4-5-11-24(21)32-15-9-8-14-31-3/h4-5,10-11,19-20,22-23,29H,6-9,12-18,26H2,1-3H3,(H,27,30). The van der Waals surface area contributed by atoms with Gasteiger partial charge < -0.3 is 30.5 Å². The summed E-state index contributed by atoms with van der Waals surface area (Å²) in [6.45, 7) is 8.75. The predicted octanol–water partition coefficient (Wildman–Crippen LogP) is 2.67. The predicted molar refractivity (Wildman–Crippen MR) is 128 cm³/mol. The second-order valence-electron chi connectivity index (χ2n) is 9.23. The number of amides is 1. The highest BCUT2D eigenvalue weighted by Crippen LogP contribution is 2.21. The lowest BCUT2D eigenvalue weighted by Crippen LogP contribution is -2.45. The highest BCUT2D eigenvalue weighted by Gasteiger charge is 2.25. The maximum absolute atomic E-state index is 12.9. The summed E-state index contributed by atoms with van der Waals surface area (Å²) in [5.74, 6) is 0.979. The number of unbranched alkanes of at least 4 members (excludes halogenated alkanes) is 1. The summed E-state index contributed by atoms with van der Waals surface area (Å²) in [6, 6.07) is 7.03. The first kappa shape index (κ1) is 26.6. The van der Waals surface area contributed by atoms with Crippen LogP contribution in [0.1, 0.15) is 56.3 Å². The van der Waals surface area contributed by atoms with Crippen LogP contribution in [0.3, 0.4) is 0 Å². The van der Waals surface area contributed by atoms with Crippen molar-refractivity contribution >= 4 is 5.91 Å². The van der Waals surface area contributed by atoms with Gasteiger partial charge in [-0.05, 0) is 69.2 Å². The first-order chi connectivity index (χ1) is 15.4. The fourth-order valence-electron chi connectivity index (χ4n) is 4.09. The Morgan fingerprint density at radius 3 is 2.56 bits per heavy atom. The molecule has 0 radical (unpaired) electrons. The van der Waals surface area contributed by atoms with Gasteiger partial charge in [0, 0.05) is 32.8 Å². The summed E-state index contributed by atoms with van der Waals surface area (Å²) in [6.07, 6.45) is 4.31. The molecule has 3 unspecified atom stereocenters. The molecule has 1 aromatic rings. The number of hydrogen-bond acceptors (Lipinski definition) is 6. The number of aliphatic hydroxyl groups is 1. The zero-order valence-electron chi connectivity index (χ0n) is 20.1. The van der Waals surface area contributed by atoms with Crippen molar-refractivity contribution in [1.82, 2.24) is 10.2 Å². The first-order valence-electron chi connectivity index (χ1n) is 12.1. The number of likely N-dealkylation sites (tertiary alicyclic amines) is 1. The number of carbonyl (C=O) groups is 1. The molecule has 0 bridgehead atoms.